The van der Waals surface area contributed by atoms with Crippen LogP contribution in [0.15, 0.2) is 0 Å². The van der Waals surface area contributed by atoms with E-state index in [-0.39, 0.29) is 0 Å². The van der Waals surface area contributed by atoms with Gasteiger partial charge in [0.05, 0.1) is 11.9 Å². The number of nitriles is 1. The third kappa shape index (κ3) is 1.95. The monoisotopic (exact) mass is 208 g/mol. The number of carbonyl (C=O) groups is 1. The second-order valence-electron chi connectivity index (χ2n) is 2.85. The number of hydrogen-bond donors (Lipinski definition) is 1. The van der Waals surface area contributed by atoms with Gasteiger partial charge in [-0.2, -0.15) is 5.26 Å². The quantitative estimate of drug-likeness (QED) is 0.679. The molecule has 0 spiro atoms. The molecule has 13 heavy (non-hydrogen) atoms. The summed E-state index contributed by atoms with van der Waals surface area (Å²) in [6.07, 6.45) is -0.628. The Bertz CT molecular complexity index is 264. The number of Topliss-reactive ketones (excluding diaryl/α,β-unsaturated/α-hetero) is 1. The number of carbonyl (C=O) groups excluding carboxylic acids is 1. The van der Waals surface area contributed by atoms with E-state index in [9.17, 15) is 13.6 Å². The molecule has 1 fully saturated rings. The van der Waals surface area contributed by atoms with Crippen molar-refractivity contribution in [3.8, 4) is 6.07 Å². The van der Waals surface area contributed by atoms with E-state index in [0.29, 0.717) is 0 Å². The van der Waals surface area contributed by atoms with Crippen LogP contribution in [0.2, 0.25) is 0 Å². The fourth-order valence-electron chi connectivity index (χ4n) is 1.26. The predicted octanol–water partition coefficient (Wildman–Crippen LogP) is 0.684. The maximum atomic E-state index is 13.0. The molecule has 1 saturated heterocycles. The number of halogens is 3. The summed E-state index contributed by atoms with van der Waals surface area (Å²) in [5.41, 5.74) is 0. The molecule has 2 atom stereocenters. The van der Waals surface area contributed by atoms with Gasteiger partial charge in [0.25, 0.3) is 5.92 Å². The first-order chi connectivity index (χ1) is 6.01. The van der Waals surface area contributed by atoms with Crippen LogP contribution >= 0.6 is 11.6 Å². The van der Waals surface area contributed by atoms with Crippen molar-refractivity contribution in [1.82, 2.24) is 5.32 Å². The molecule has 1 N–H and O–H groups in total. The molecule has 1 heterocycles. The zero-order valence-electron chi connectivity index (χ0n) is 6.56. The van der Waals surface area contributed by atoms with Crippen molar-refractivity contribution in [2.24, 2.45) is 0 Å². The molecule has 1 rings (SSSR count). The molecular weight excluding hydrogens is 202 g/mol. The third-order valence-electron chi connectivity index (χ3n) is 1.88. The molecule has 0 aliphatic carbocycles. The highest BCUT2D eigenvalue weighted by Gasteiger charge is 2.51. The van der Waals surface area contributed by atoms with Crippen molar-refractivity contribution < 1.29 is 13.6 Å². The Hall–Kier alpha value is -0.730. The van der Waals surface area contributed by atoms with E-state index in [1.165, 1.54) is 0 Å². The van der Waals surface area contributed by atoms with Gasteiger partial charge >= 0.3 is 0 Å². The van der Waals surface area contributed by atoms with Crippen molar-refractivity contribution in [3.05, 3.63) is 0 Å². The molecule has 0 aromatic rings. The van der Waals surface area contributed by atoms with Gasteiger partial charge in [-0.1, -0.05) is 0 Å². The Morgan fingerprint density at radius 2 is 2.38 bits per heavy atom. The highest BCUT2D eigenvalue weighted by Crippen LogP contribution is 2.31. The van der Waals surface area contributed by atoms with E-state index in [4.69, 9.17) is 16.9 Å². The van der Waals surface area contributed by atoms with Gasteiger partial charge in [0.1, 0.15) is 12.1 Å². The number of rotatable bonds is 2. The van der Waals surface area contributed by atoms with Gasteiger partial charge in [0.2, 0.25) is 0 Å². The molecule has 6 heteroatoms. The minimum atomic E-state index is -3.16. The van der Waals surface area contributed by atoms with Crippen LogP contribution in [0.3, 0.4) is 0 Å². The predicted molar refractivity (Wildman–Crippen MR) is 41.6 cm³/mol. The molecule has 3 nitrogen and oxygen atoms in total. The van der Waals surface area contributed by atoms with Crippen molar-refractivity contribution >= 4 is 17.4 Å². The van der Waals surface area contributed by atoms with E-state index in [1.807, 2.05) is 0 Å². The standard InChI is InChI=1S/C7H7ClF2N2O/c8-2-5(13)6-7(9,10)1-4(3-11)12-6/h4,6,12H,1-2H2. The van der Waals surface area contributed by atoms with Gasteiger partial charge in [0, 0.05) is 6.42 Å². The Morgan fingerprint density at radius 3 is 2.77 bits per heavy atom. The molecule has 0 aromatic heterocycles. The zero-order valence-corrected chi connectivity index (χ0v) is 7.31. The Balaban J connectivity index is 2.77. The lowest BCUT2D eigenvalue weighted by Gasteiger charge is -2.15. The summed E-state index contributed by atoms with van der Waals surface area (Å²) in [5, 5.41) is 10.6. The van der Waals surface area contributed by atoms with Crippen LogP contribution in [-0.4, -0.2) is 29.7 Å². The summed E-state index contributed by atoms with van der Waals surface area (Å²) in [5.74, 6) is -4.40. The van der Waals surface area contributed by atoms with Crippen molar-refractivity contribution in [2.45, 2.75) is 24.4 Å². The average Bonchev–Trinajstić information content (AvgIpc) is 2.39. The lowest BCUT2D eigenvalue weighted by Crippen LogP contribution is -2.44. The topological polar surface area (TPSA) is 52.9 Å². The SMILES string of the molecule is N#CC1CC(F)(F)C(C(=O)CCl)N1. The van der Waals surface area contributed by atoms with Crippen LogP contribution in [0.25, 0.3) is 0 Å². The van der Waals surface area contributed by atoms with Gasteiger partial charge in [-0.3, -0.25) is 10.1 Å². The van der Waals surface area contributed by atoms with E-state index >= 15 is 0 Å². The van der Waals surface area contributed by atoms with E-state index in [2.05, 4.69) is 5.32 Å². The second kappa shape index (κ2) is 3.56. The minimum absolute atomic E-state index is 0.467. The summed E-state index contributed by atoms with van der Waals surface area (Å²) in [4.78, 5) is 10.9. The first-order valence-corrected chi connectivity index (χ1v) is 4.17. The highest BCUT2D eigenvalue weighted by atomic mass is 35.5. The number of nitrogens with one attached hydrogen (secondary N) is 1. The summed E-state index contributed by atoms with van der Waals surface area (Å²) in [6, 6.07) is -0.926. The maximum Gasteiger partial charge on any atom is 0.272 e. The summed E-state index contributed by atoms with van der Waals surface area (Å²) in [6.45, 7) is 0. The summed E-state index contributed by atoms with van der Waals surface area (Å²) < 4.78 is 26.0. The van der Waals surface area contributed by atoms with Gasteiger partial charge in [-0.05, 0) is 0 Å². The lowest BCUT2D eigenvalue weighted by molar-refractivity contribution is -0.125. The van der Waals surface area contributed by atoms with Crippen LogP contribution in [0, 0.1) is 11.3 Å². The molecular formula is C7H7ClF2N2O. The summed E-state index contributed by atoms with van der Waals surface area (Å²) >= 11 is 5.14. The Kier molecular flexibility index (Phi) is 2.84. The van der Waals surface area contributed by atoms with E-state index in [1.54, 1.807) is 6.07 Å². The number of ketones is 1. The van der Waals surface area contributed by atoms with Crippen molar-refractivity contribution in [2.75, 3.05) is 5.88 Å². The fourth-order valence-corrected chi connectivity index (χ4v) is 1.41. The Morgan fingerprint density at radius 1 is 1.77 bits per heavy atom. The molecule has 0 saturated carbocycles. The van der Waals surface area contributed by atoms with E-state index in [0.717, 1.165) is 0 Å². The van der Waals surface area contributed by atoms with Gasteiger partial charge in [-0.15, -0.1) is 11.6 Å². The molecule has 1 aliphatic rings. The number of nitrogens with zero attached hydrogens (tertiary/aromatic N) is 1. The maximum absolute atomic E-state index is 13.0. The normalized spacial score (nSPS) is 31.2. The third-order valence-corrected chi connectivity index (χ3v) is 2.14. The van der Waals surface area contributed by atoms with Crippen LogP contribution in [0.5, 0.6) is 0 Å². The van der Waals surface area contributed by atoms with Gasteiger partial charge < -0.3 is 0 Å². The van der Waals surface area contributed by atoms with Crippen LogP contribution < -0.4 is 5.32 Å². The molecule has 72 valence electrons. The second-order valence-corrected chi connectivity index (χ2v) is 3.11. The molecule has 0 aromatic carbocycles. The van der Waals surface area contributed by atoms with Crippen molar-refractivity contribution in [3.63, 3.8) is 0 Å². The van der Waals surface area contributed by atoms with E-state index < -0.39 is 36.1 Å². The first kappa shape index (κ1) is 10.4. The zero-order chi connectivity index (χ0) is 10.1. The van der Waals surface area contributed by atoms with Crippen molar-refractivity contribution in [1.29, 1.82) is 5.26 Å². The highest BCUT2D eigenvalue weighted by molar-refractivity contribution is 6.28. The largest absolute Gasteiger partial charge is 0.296 e. The molecule has 2 unspecified atom stereocenters. The summed E-state index contributed by atoms with van der Waals surface area (Å²) in [7, 11) is 0. The molecule has 0 amide bonds. The lowest BCUT2D eigenvalue weighted by atomic mass is 10.1. The number of hydrogen-bond acceptors (Lipinski definition) is 3. The average molecular weight is 209 g/mol. The van der Waals surface area contributed by atoms with Gasteiger partial charge in [-0.25, -0.2) is 8.78 Å². The molecule has 1 aliphatic heterocycles. The molecule has 0 radical (unpaired) electrons. The smallest absolute Gasteiger partial charge is 0.272 e. The fraction of sp³-hybridized carbons (Fsp3) is 0.714. The van der Waals surface area contributed by atoms with Crippen LogP contribution in [0.1, 0.15) is 6.42 Å². The minimum Gasteiger partial charge on any atom is -0.296 e. The number of alkyl halides is 3. The first-order valence-electron chi connectivity index (χ1n) is 3.63. The van der Waals surface area contributed by atoms with Gasteiger partial charge in [0.15, 0.2) is 5.78 Å². The Labute approximate surface area is 78.7 Å². The molecule has 0 bridgehead atoms. The van der Waals surface area contributed by atoms with Crippen LogP contribution in [0.4, 0.5) is 8.78 Å². The van der Waals surface area contributed by atoms with Crippen LogP contribution in [-0.2, 0) is 4.79 Å².